The molecule has 0 saturated carbocycles. The molecule has 1 aliphatic rings. The van der Waals surface area contributed by atoms with Gasteiger partial charge in [0.1, 0.15) is 18.6 Å². The molecule has 0 radical (unpaired) electrons. The fourth-order valence-corrected chi connectivity index (χ4v) is 4.15. The summed E-state index contributed by atoms with van der Waals surface area (Å²) in [5.74, 6) is 1.10. The van der Waals surface area contributed by atoms with E-state index in [9.17, 15) is 4.79 Å². The summed E-state index contributed by atoms with van der Waals surface area (Å²) in [7, 11) is 1.50. The number of aromatic amines is 1. The summed E-state index contributed by atoms with van der Waals surface area (Å²) in [6.45, 7) is 6.11. The van der Waals surface area contributed by atoms with E-state index in [4.69, 9.17) is 4.84 Å². The lowest BCUT2D eigenvalue weighted by Gasteiger charge is -2.25. The molecule has 0 aliphatic carbocycles. The Morgan fingerprint density at radius 3 is 2.77 bits per heavy atom. The number of rotatable bonds is 5. The van der Waals surface area contributed by atoms with E-state index in [1.54, 1.807) is 6.20 Å². The number of nitrogens with one attached hydrogen (secondary N) is 3. The third kappa shape index (κ3) is 4.07. The van der Waals surface area contributed by atoms with Crippen LogP contribution in [-0.2, 0) is 4.84 Å². The van der Waals surface area contributed by atoms with Crippen molar-refractivity contribution < 1.29 is 4.84 Å². The van der Waals surface area contributed by atoms with Crippen LogP contribution in [0.2, 0.25) is 0 Å². The molecule has 1 aromatic carbocycles. The van der Waals surface area contributed by atoms with E-state index in [1.807, 2.05) is 19.1 Å². The number of nitrogens with zero attached hydrogens (tertiary/aromatic N) is 2. The molecular weight excluding hydrogens is 378 g/mol. The molecule has 4 rings (SSSR count). The second-order valence-electron chi connectivity index (χ2n) is 7.71. The van der Waals surface area contributed by atoms with Gasteiger partial charge in [-0.25, -0.2) is 4.98 Å². The Labute approximate surface area is 175 Å². The molecule has 0 spiro atoms. The highest BCUT2D eigenvalue weighted by Gasteiger charge is 2.18. The molecule has 7 nitrogen and oxygen atoms in total. The molecule has 1 fully saturated rings. The molecule has 0 unspecified atom stereocenters. The van der Waals surface area contributed by atoms with Crippen LogP contribution >= 0.6 is 0 Å². The van der Waals surface area contributed by atoms with Crippen molar-refractivity contribution in [3.8, 4) is 0 Å². The third-order valence-corrected chi connectivity index (χ3v) is 5.66. The zero-order valence-electron chi connectivity index (χ0n) is 17.6. The van der Waals surface area contributed by atoms with Gasteiger partial charge in [0.2, 0.25) is 0 Å². The standard InChI is InChI=1S/C23H27N5O2/c1-14-12-18(4-5-19(14)16-6-9-24-10-7-16)26-22-21-17(8-11-25-23(21)29)13-20(27-22)15(2)28-30-3/h4-5,8,11-13,16,24H,6-7,9-10H2,1-3H3,(H,25,29)(H,26,27). The number of hydrogen-bond acceptors (Lipinski definition) is 6. The van der Waals surface area contributed by atoms with Crippen LogP contribution in [-0.4, -0.2) is 35.9 Å². The van der Waals surface area contributed by atoms with E-state index in [1.165, 1.54) is 18.2 Å². The summed E-state index contributed by atoms with van der Waals surface area (Å²) < 4.78 is 0. The second-order valence-corrected chi connectivity index (χ2v) is 7.71. The Balaban J connectivity index is 1.73. The van der Waals surface area contributed by atoms with E-state index in [0.29, 0.717) is 28.5 Å². The van der Waals surface area contributed by atoms with Crippen molar-refractivity contribution in [3.63, 3.8) is 0 Å². The van der Waals surface area contributed by atoms with Crippen LogP contribution in [0.3, 0.4) is 0 Å². The number of benzene rings is 1. The number of oxime groups is 1. The van der Waals surface area contributed by atoms with Crippen molar-refractivity contribution in [2.45, 2.75) is 32.6 Å². The van der Waals surface area contributed by atoms with Crippen molar-refractivity contribution in [2.24, 2.45) is 5.16 Å². The summed E-state index contributed by atoms with van der Waals surface area (Å²) >= 11 is 0. The summed E-state index contributed by atoms with van der Waals surface area (Å²) in [6, 6.07) is 10.1. The summed E-state index contributed by atoms with van der Waals surface area (Å²) in [5, 5.41) is 12.1. The van der Waals surface area contributed by atoms with Crippen molar-refractivity contribution in [3.05, 3.63) is 63.7 Å². The van der Waals surface area contributed by atoms with Gasteiger partial charge in [-0.3, -0.25) is 4.79 Å². The predicted octanol–water partition coefficient (Wildman–Crippen LogP) is 3.81. The first-order valence-electron chi connectivity index (χ1n) is 10.3. The largest absolute Gasteiger partial charge is 0.399 e. The number of hydrogen-bond donors (Lipinski definition) is 3. The Morgan fingerprint density at radius 1 is 1.23 bits per heavy atom. The SMILES string of the molecule is CON=C(C)c1cc2cc[nH]c(=O)c2c(Nc2ccc(C3CCNCC3)c(C)c2)n1. The van der Waals surface area contributed by atoms with E-state index >= 15 is 0 Å². The first-order chi connectivity index (χ1) is 14.6. The number of aromatic nitrogens is 2. The topological polar surface area (TPSA) is 91.4 Å². The molecule has 2 aromatic heterocycles. The number of anilines is 2. The molecule has 0 atom stereocenters. The summed E-state index contributed by atoms with van der Waals surface area (Å²) in [6.07, 6.45) is 3.96. The average molecular weight is 406 g/mol. The lowest BCUT2D eigenvalue weighted by Crippen LogP contribution is -2.26. The fourth-order valence-electron chi connectivity index (χ4n) is 4.15. The van der Waals surface area contributed by atoms with E-state index in [2.05, 4.69) is 50.9 Å². The van der Waals surface area contributed by atoms with Gasteiger partial charge >= 0.3 is 0 Å². The van der Waals surface area contributed by atoms with E-state index in [0.717, 1.165) is 37.0 Å². The summed E-state index contributed by atoms with van der Waals surface area (Å²) in [4.78, 5) is 24.8. The zero-order chi connectivity index (χ0) is 21.1. The lowest BCUT2D eigenvalue weighted by molar-refractivity contribution is 0.213. The molecule has 0 amide bonds. The van der Waals surface area contributed by atoms with Crippen molar-refractivity contribution >= 4 is 28.0 Å². The number of aryl methyl sites for hydroxylation is 1. The molecular formula is C23H27N5O2. The van der Waals surface area contributed by atoms with Gasteiger partial charge < -0.3 is 20.5 Å². The van der Waals surface area contributed by atoms with Crippen LogP contribution in [0.4, 0.5) is 11.5 Å². The number of fused-ring (bicyclic) bond motifs is 1. The van der Waals surface area contributed by atoms with Gasteiger partial charge in [-0.05, 0) is 86.5 Å². The highest BCUT2D eigenvalue weighted by Crippen LogP contribution is 2.31. The maximum absolute atomic E-state index is 12.5. The zero-order valence-corrected chi connectivity index (χ0v) is 17.6. The van der Waals surface area contributed by atoms with Crippen molar-refractivity contribution in [1.29, 1.82) is 0 Å². The third-order valence-electron chi connectivity index (χ3n) is 5.66. The van der Waals surface area contributed by atoms with Crippen LogP contribution in [0.15, 0.2) is 46.5 Å². The summed E-state index contributed by atoms with van der Waals surface area (Å²) in [5.41, 5.74) is 4.66. The van der Waals surface area contributed by atoms with Gasteiger partial charge in [0.05, 0.1) is 11.1 Å². The minimum Gasteiger partial charge on any atom is -0.399 e. The first kappa shape index (κ1) is 20.1. The van der Waals surface area contributed by atoms with Gasteiger partial charge in [-0.1, -0.05) is 11.2 Å². The van der Waals surface area contributed by atoms with Gasteiger partial charge in [0.25, 0.3) is 5.56 Å². The Morgan fingerprint density at radius 2 is 2.03 bits per heavy atom. The fraction of sp³-hybridized carbons (Fsp3) is 0.348. The molecule has 3 N–H and O–H groups in total. The maximum Gasteiger partial charge on any atom is 0.259 e. The quantitative estimate of drug-likeness (QED) is 0.443. The number of piperidine rings is 1. The average Bonchev–Trinajstić information content (AvgIpc) is 2.74. The predicted molar refractivity (Wildman–Crippen MR) is 121 cm³/mol. The molecule has 1 aliphatic heterocycles. The van der Waals surface area contributed by atoms with Gasteiger partial charge in [0, 0.05) is 11.9 Å². The Kier molecular flexibility index (Phi) is 5.81. The van der Waals surface area contributed by atoms with Gasteiger partial charge in [-0.2, -0.15) is 0 Å². The van der Waals surface area contributed by atoms with Crippen LogP contribution in [0.5, 0.6) is 0 Å². The minimum atomic E-state index is -0.182. The highest BCUT2D eigenvalue weighted by atomic mass is 16.6. The molecule has 1 saturated heterocycles. The molecule has 3 aromatic rings. The smallest absolute Gasteiger partial charge is 0.259 e. The van der Waals surface area contributed by atoms with Crippen LogP contribution in [0.25, 0.3) is 10.8 Å². The van der Waals surface area contributed by atoms with Crippen molar-refractivity contribution in [1.82, 2.24) is 15.3 Å². The second kappa shape index (κ2) is 8.67. The van der Waals surface area contributed by atoms with E-state index < -0.39 is 0 Å². The van der Waals surface area contributed by atoms with Crippen LogP contribution in [0, 0.1) is 6.92 Å². The molecule has 30 heavy (non-hydrogen) atoms. The number of H-pyrrole nitrogens is 1. The molecule has 3 heterocycles. The van der Waals surface area contributed by atoms with Crippen LogP contribution in [0.1, 0.15) is 42.5 Å². The first-order valence-corrected chi connectivity index (χ1v) is 10.3. The Hall–Kier alpha value is -3.19. The maximum atomic E-state index is 12.5. The van der Waals surface area contributed by atoms with Crippen LogP contribution < -0.4 is 16.2 Å². The highest BCUT2D eigenvalue weighted by molar-refractivity contribution is 6.02. The van der Waals surface area contributed by atoms with Gasteiger partial charge in [0.15, 0.2) is 0 Å². The van der Waals surface area contributed by atoms with Crippen molar-refractivity contribution in [2.75, 3.05) is 25.5 Å². The number of pyridine rings is 2. The van der Waals surface area contributed by atoms with Gasteiger partial charge in [-0.15, -0.1) is 0 Å². The molecule has 156 valence electrons. The normalized spacial score (nSPS) is 15.4. The molecule has 7 heteroatoms. The monoisotopic (exact) mass is 405 g/mol. The lowest BCUT2D eigenvalue weighted by atomic mass is 9.87. The minimum absolute atomic E-state index is 0.182. The Bertz CT molecular complexity index is 1150. The van der Waals surface area contributed by atoms with E-state index in [-0.39, 0.29) is 5.56 Å². The molecule has 0 bridgehead atoms.